The van der Waals surface area contributed by atoms with Gasteiger partial charge in [0.05, 0.1) is 5.52 Å². The third-order valence-electron chi connectivity index (χ3n) is 5.16. The van der Waals surface area contributed by atoms with Crippen LogP contribution in [0.25, 0.3) is 11.1 Å². The van der Waals surface area contributed by atoms with Crippen LogP contribution in [-0.4, -0.2) is 28.7 Å². The van der Waals surface area contributed by atoms with Crippen molar-refractivity contribution < 1.29 is 18.7 Å². The summed E-state index contributed by atoms with van der Waals surface area (Å²) in [6, 6.07) is 16.0. The second kappa shape index (κ2) is 8.86. The first-order valence-corrected chi connectivity index (χ1v) is 9.99. The molecule has 0 unspecified atom stereocenters. The molecule has 0 aliphatic heterocycles. The molecule has 0 saturated heterocycles. The van der Waals surface area contributed by atoms with E-state index < -0.39 is 11.8 Å². The molecule has 1 aromatic heterocycles. The maximum absolute atomic E-state index is 12.5. The summed E-state index contributed by atoms with van der Waals surface area (Å²) in [4.78, 5) is 36.7. The Morgan fingerprint density at radius 2 is 1.83 bits per heavy atom. The zero-order valence-electron chi connectivity index (χ0n) is 16.4. The van der Waals surface area contributed by atoms with Gasteiger partial charge in [-0.15, -0.1) is 0 Å². The molecule has 1 aliphatic rings. The number of hydrogen-bond acceptors (Lipinski definition) is 5. The molecular weight excluding hydrogens is 386 g/mol. The highest BCUT2D eigenvalue weighted by atomic mass is 16.6. The van der Waals surface area contributed by atoms with E-state index in [1.807, 2.05) is 18.2 Å². The van der Waals surface area contributed by atoms with Crippen LogP contribution < -0.4 is 16.4 Å². The summed E-state index contributed by atoms with van der Waals surface area (Å²) < 4.78 is 12.0. The normalized spacial score (nSPS) is 18.7. The number of nitrogens with one attached hydrogen (secondary N) is 2. The van der Waals surface area contributed by atoms with Gasteiger partial charge in [0, 0.05) is 18.2 Å². The molecule has 1 heterocycles. The Morgan fingerprint density at radius 1 is 1.07 bits per heavy atom. The van der Waals surface area contributed by atoms with E-state index in [4.69, 9.17) is 9.15 Å². The van der Waals surface area contributed by atoms with Gasteiger partial charge in [0.25, 0.3) is 0 Å². The molecule has 4 rings (SSSR count). The highest BCUT2D eigenvalue weighted by molar-refractivity contribution is 5.84. The van der Waals surface area contributed by atoms with Crippen LogP contribution >= 0.6 is 0 Å². The Kier molecular flexibility index (Phi) is 5.83. The lowest BCUT2D eigenvalue weighted by molar-refractivity contribution is -0.122. The van der Waals surface area contributed by atoms with Gasteiger partial charge in [0.15, 0.2) is 5.58 Å². The number of rotatable bonds is 5. The number of aromatic nitrogens is 1. The summed E-state index contributed by atoms with van der Waals surface area (Å²) in [5.41, 5.74) is 1.70. The number of hydrogen-bond donors (Lipinski definition) is 2. The molecule has 3 aromatic rings. The van der Waals surface area contributed by atoms with Crippen molar-refractivity contribution in [3.05, 3.63) is 65.1 Å². The predicted octanol–water partition coefficient (Wildman–Crippen LogP) is 3.27. The molecular formula is C22H23N3O5. The van der Waals surface area contributed by atoms with Crippen LogP contribution in [0.3, 0.4) is 0 Å². The summed E-state index contributed by atoms with van der Waals surface area (Å²) in [6.07, 6.45) is 2.14. The summed E-state index contributed by atoms with van der Waals surface area (Å²) in [7, 11) is 0. The van der Waals surface area contributed by atoms with E-state index >= 15 is 0 Å². The van der Waals surface area contributed by atoms with Crippen molar-refractivity contribution in [3.8, 4) is 0 Å². The standard InChI is InChI=1S/C22H23N3O5/c26-20(14-25-18-11-4-5-12-19(18)30-22(25)28)23-16-9-6-10-17(13-16)29-21(27)24-15-7-2-1-3-8-15/h1-5,7-8,11-12,16-17H,6,9-10,13-14H2,(H,23,26)(H,24,27)/t16-,17-/m1/s1. The molecule has 8 nitrogen and oxygen atoms in total. The van der Waals surface area contributed by atoms with Crippen LogP contribution in [0, 0.1) is 0 Å². The SMILES string of the molecule is O=C(Cn1c(=O)oc2ccccc21)N[C@@H]1CCC[C@@H](OC(=O)Nc2ccccc2)C1. The second-order valence-electron chi connectivity index (χ2n) is 7.37. The monoisotopic (exact) mass is 409 g/mol. The van der Waals surface area contributed by atoms with Gasteiger partial charge in [-0.25, -0.2) is 9.59 Å². The fourth-order valence-electron chi connectivity index (χ4n) is 3.78. The topological polar surface area (TPSA) is 103 Å². The van der Waals surface area contributed by atoms with Crippen LogP contribution in [-0.2, 0) is 16.1 Å². The lowest BCUT2D eigenvalue weighted by Gasteiger charge is -2.29. The van der Waals surface area contributed by atoms with Gasteiger partial charge >= 0.3 is 11.8 Å². The lowest BCUT2D eigenvalue weighted by atomic mass is 9.93. The maximum atomic E-state index is 12.5. The molecule has 2 atom stereocenters. The first-order chi connectivity index (χ1) is 14.6. The molecule has 1 aliphatic carbocycles. The second-order valence-corrected chi connectivity index (χ2v) is 7.37. The van der Waals surface area contributed by atoms with Crippen molar-refractivity contribution in [3.63, 3.8) is 0 Å². The van der Waals surface area contributed by atoms with E-state index in [-0.39, 0.29) is 24.6 Å². The number of ether oxygens (including phenoxy) is 1. The molecule has 8 heteroatoms. The number of nitrogens with zero attached hydrogens (tertiary/aromatic N) is 1. The maximum Gasteiger partial charge on any atom is 0.420 e. The molecule has 1 saturated carbocycles. The highest BCUT2D eigenvalue weighted by Crippen LogP contribution is 2.22. The van der Waals surface area contributed by atoms with Crippen LogP contribution in [0.15, 0.2) is 63.8 Å². The quantitative estimate of drug-likeness (QED) is 0.673. The summed E-state index contributed by atoms with van der Waals surface area (Å²) in [5.74, 6) is -0.836. The first kappa shape index (κ1) is 19.8. The smallest absolute Gasteiger partial charge is 0.420 e. The lowest BCUT2D eigenvalue weighted by Crippen LogP contribution is -2.43. The first-order valence-electron chi connectivity index (χ1n) is 9.99. The number of carbonyl (C=O) groups excluding carboxylic acids is 2. The minimum absolute atomic E-state index is 0.116. The molecule has 0 spiro atoms. The number of para-hydroxylation sites is 3. The third kappa shape index (κ3) is 4.71. The number of oxazole rings is 1. The predicted molar refractivity (Wildman–Crippen MR) is 111 cm³/mol. The molecule has 0 bridgehead atoms. The Morgan fingerprint density at radius 3 is 2.67 bits per heavy atom. The van der Waals surface area contributed by atoms with Gasteiger partial charge in [0.1, 0.15) is 12.6 Å². The van der Waals surface area contributed by atoms with Gasteiger partial charge in [-0.3, -0.25) is 14.7 Å². The van der Waals surface area contributed by atoms with Crippen LogP contribution in [0.4, 0.5) is 10.5 Å². The van der Waals surface area contributed by atoms with Gasteiger partial charge in [-0.05, 0) is 43.5 Å². The van der Waals surface area contributed by atoms with E-state index in [0.717, 1.165) is 19.3 Å². The summed E-state index contributed by atoms with van der Waals surface area (Å²) in [6.45, 7) is -0.119. The molecule has 156 valence electrons. The zero-order chi connectivity index (χ0) is 20.9. The molecule has 1 fully saturated rings. The molecule has 2 amide bonds. The average Bonchev–Trinajstić information content (AvgIpc) is 3.04. The minimum atomic E-state index is -0.561. The van der Waals surface area contributed by atoms with E-state index in [1.54, 1.807) is 36.4 Å². The van der Waals surface area contributed by atoms with E-state index in [0.29, 0.717) is 23.2 Å². The van der Waals surface area contributed by atoms with E-state index in [2.05, 4.69) is 10.6 Å². The third-order valence-corrected chi connectivity index (χ3v) is 5.16. The Balaban J connectivity index is 1.31. The Labute approximate surface area is 172 Å². The number of fused-ring (bicyclic) bond motifs is 1. The number of benzene rings is 2. The minimum Gasteiger partial charge on any atom is -0.446 e. The van der Waals surface area contributed by atoms with Crippen LogP contribution in [0.1, 0.15) is 25.7 Å². The van der Waals surface area contributed by atoms with Gasteiger partial charge in [-0.2, -0.15) is 0 Å². The molecule has 0 radical (unpaired) electrons. The zero-order valence-corrected chi connectivity index (χ0v) is 16.4. The van der Waals surface area contributed by atoms with Crippen molar-refractivity contribution in [1.29, 1.82) is 0 Å². The number of amides is 2. The van der Waals surface area contributed by atoms with Crippen molar-refractivity contribution in [1.82, 2.24) is 9.88 Å². The van der Waals surface area contributed by atoms with Crippen molar-refractivity contribution in [2.75, 3.05) is 5.32 Å². The Hall–Kier alpha value is -3.55. The van der Waals surface area contributed by atoms with E-state index in [9.17, 15) is 14.4 Å². The van der Waals surface area contributed by atoms with Crippen molar-refractivity contribution in [2.45, 2.75) is 44.4 Å². The van der Waals surface area contributed by atoms with Crippen molar-refractivity contribution >= 4 is 28.8 Å². The molecule has 30 heavy (non-hydrogen) atoms. The van der Waals surface area contributed by atoms with Crippen LogP contribution in [0.5, 0.6) is 0 Å². The Bertz CT molecular complexity index is 1090. The van der Waals surface area contributed by atoms with Crippen LogP contribution in [0.2, 0.25) is 0 Å². The average molecular weight is 409 g/mol. The summed E-state index contributed by atoms with van der Waals surface area (Å²) >= 11 is 0. The van der Waals surface area contributed by atoms with Gasteiger partial charge in [0.2, 0.25) is 5.91 Å². The van der Waals surface area contributed by atoms with Gasteiger partial charge in [-0.1, -0.05) is 30.3 Å². The number of carbonyl (C=O) groups is 2. The largest absolute Gasteiger partial charge is 0.446 e. The molecule has 2 N–H and O–H groups in total. The number of anilines is 1. The van der Waals surface area contributed by atoms with Crippen molar-refractivity contribution in [2.24, 2.45) is 0 Å². The van der Waals surface area contributed by atoms with E-state index in [1.165, 1.54) is 4.57 Å². The fraction of sp³-hybridized carbons (Fsp3) is 0.318. The molecule has 2 aromatic carbocycles. The van der Waals surface area contributed by atoms with Gasteiger partial charge < -0.3 is 14.5 Å². The fourth-order valence-corrected chi connectivity index (χ4v) is 3.78. The summed E-state index contributed by atoms with van der Waals surface area (Å²) in [5, 5.41) is 5.65. The highest BCUT2D eigenvalue weighted by Gasteiger charge is 2.26.